The number of hydrogen-bond donors (Lipinski definition) is 2. The first-order valence-electron chi connectivity index (χ1n) is 11.0. The molecule has 3 atom stereocenters. The van der Waals surface area contributed by atoms with Gasteiger partial charge in [-0.25, -0.2) is 0 Å². The molecule has 2 amide bonds. The number of fused-ring (bicyclic) bond motifs is 2. The first-order chi connectivity index (χ1) is 16.0. The SMILES string of the molecule is O=C(NC(Cc1ccc(O)cc1)C(=O)N1CCCC2OCC(=O)C21)c1cc2ccccc2s1. The molecule has 7 nitrogen and oxygen atoms in total. The van der Waals surface area contributed by atoms with Crippen molar-refractivity contribution < 1.29 is 24.2 Å². The molecule has 2 aliphatic rings. The van der Waals surface area contributed by atoms with Crippen molar-refractivity contribution in [2.24, 2.45) is 0 Å². The Morgan fingerprint density at radius 3 is 2.76 bits per heavy atom. The van der Waals surface area contributed by atoms with E-state index in [4.69, 9.17) is 4.74 Å². The number of aromatic hydroxyl groups is 1. The molecule has 3 aromatic rings. The van der Waals surface area contributed by atoms with Gasteiger partial charge in [0.15, 0.2) is 5.78 Å². The fourth-order valence-corrected chi connectivity index (χ4v) is 5.59. The van der Waals surface area contributed by atoms with E-state index in [2.05, 4.69) is 5.32 Å². The molecule has 0 saturated carbocycles. The first-order valence-corrected chi connectivity index (χ1v) is 11.8. The van der Waals surface area contributed by atoms with Crippen molar-refractivity contribution in [3.05, 3.63) is 65.0 Å². The van der Waals surface area contributed by atoms with Crippen LogP contribution >= 0.6 is 11.3 Å². The molecule has 3 unspecified atom stereocenters. The summed E-state index contributed by atoms with van der Waals surface area (Å²) in [6.45, 7) is 0.482. The van der Waals surface area contributed by atoms with Gasteiger partial charge in [0, 0.05) is 17.7 Å². The maximum Gasteiger partial charge on any atom is 0.262 e. The number of carbonyl (C=O) groups excluding carboxylic acids is 3. The summed E-state index contributed by atoms with van der Waals surface area (Å²) < 4.78 is 6.58. The average Bonchev–Trinajstić information content (AvgIpc) is 3.43. The third-order valence-corrected chi connectivity index (χ3v) is 7.37. The second-order valence-corrected chi connectivity index (χ2v) is 9.56. The summed E-state index contributed by atoms with van der Waals surface area (Å²) in [6.07, 6.45) is 1.47. The van der Waals surface area contributed by atoms with E-state index < -0.39 is 12.1 Å². The molecule has 2 fully saturated rings. The second-order valence-electron chi connectivity index (χ2n) is 8.48. The number of benzene rings is 2. The Morgan fingerprint density at radius 1 is 1.18 bits per heavy atom. The highest BCUT2D eigenvalue weighted by molar-refractivity contribution is 7.20. The van der Waals surface area contributed by atoms with Crippen LogP contribution in [0.5, 0.6) is 5.75 Å². The lowest BCUT2D eigenvalue weighted by Gasteiger charge is -2.37. The molecule has 5 rings (SSSR count). The van der Waals surface area contributed by atoms with Crippen molar-refractivity contribution in [2.45, 2.75) is 37.5 Å². The van der Waals surface area contributed by atoms with Crippen molar-refractivity contribution >= 4 is 39.0 Å². The number of nitrogens with one attached hydrogen (secondary N) is 1. The molecule has 8 heteroatoms. The maximum atomic E-state index is 13.7. The molecule has 0 spiro atoms. The van der Waals surface area contributed by atoms with Crippen LogP contribution in [0.4, 0.5) is 0 Å². The maximum absolute atomic E-state index is 13.7. The van der Waals surface area contributed by atoms with Gasteiger partial charge in [0.25, 0.3) is 5.91 Å². The minimum Gasteiger partial charge on any atom is -0.508 e. The monoisotopic (exact) mass is 464 g/mol. The lowest BCUT2D eigenvalue weighted by molar-refractivity contribution is -0.142. The molecule has 0 radical (unpaired) electrons. The van der Waals surface area contributed by atoms with E-state index in [0.29, 0.717) is 11.4 Å². The summed E-state index contributed by atoms with van der Waals surface area (Å²) in [6, 6.07) is 14.7. The van der Waals surface area contributed by atoms with Gasteiger partial charge in [-0.1, -0.05) is 30.3 Å². The zero-order valence-electron chi connectivity index (χ0n) is 17.9. The van der Waals surface area contributed by atoms with Crippen LogP contribution in [0.25, 0.3) is 10.1 Å². The minimum absolute atomic E-state index is 0.0237. The van der Waals surface area contributed by atoms with Gasteiger partial charge in [-0.15, -0.1) is 11.3 Å². The van der Waals surface area contributed by atoms with E-state index in [-0.39, 0.29) is 42.5 Å². The number of Topliss-reactive ketones (excluding diaryl/α,β-unsaturated/α-hetero) is 1. The Hall–Kier alpha value is -3.23. The summed E-state index contributed by atoms with van der Waals surface area (Å²) in [7, 11) is 0. The topological polar surface area (TPSA) is 95.9 Å². The zero-order chi connectivity index (χ0) is 22.9. The number of carbonyl (C=O) groups is 3. The van der Waals surface area contributed by atoms with Crippen molar-refractivity contribution in [2.75, 3.05) is 13.2 Å². The van der Waals surface area contributed by atoms with Crippen LogP contribution in [0.2, 0.25) is 0 Å². The lowest BCUT2D eigenvalue weighted by atomic mass is 9.95. The largest absolute Gasteiger partial charge is 0.508 e. The van der Waals surface area contributed by atoms with Gasteiger partial charge in [-0.2, -0.15) is 0 Å². The molecule has 2 N–H and O–H groups in total. The van der Waals surface area contributed by atoms with E-state index >= 15 is 0 Å². The number of thiophene rings is 1. The van der Waals surface area contributed by atoms with Gasteiger partial charge in [-0.05, 0) is 48.1 Å². The summed E-state index contributed by atoms with van der Waals surface area (Å²) in [5.74, 6) is -0.572. The number of piperidine rings is 1. The molecular weight excluding hydrogens is 440 g/mol. The van der Waals surface area contributed by atoms with E-state index in [1.165, 1.54) is 11.3 Å². The molecule has 2 saturated heterocycles. The Balaban J connectivity index is 1.42. The normalized spacial score (nSPS) is 21.1. The molecule has 0 aliphatic carbocycles. The number of ketones is 1. The fourth-order valence-electron chi connectivity index (χ4n) is 4.63. The Morgan fingerprint density at radius 2 is 1.97 bits per heavy atom. The van der Waals surface area contributed by atoms with Gasteiger partial charge < -0.3 is 20.1 Å². The highest BCUT2D eigenvalue weighted by atomic mass is 32.1. The van der Waals surface area contributed by atoms with E-state index in [1.807, 2.05) is 30.3 Å². The number of amides is 2. The summed E-state index contributed by atoms with van der Waals surface area (Å²) >= 11 is 1.37. The molecule has 2 aromatic carbocycles. The van der Waals surface area contributed by atoms with Gasteiger partial charge in [0.05, 0.1) is 11.0 Å². The van der Waals surface area contributed by atoms with Gasteiger partial charge in [0.1, 0.15) is 24.4 Å². The minimum atomic E-state index is -0.848. The van der Waals surface area contributed by atoms with E-state index in [1.54, 1.807) is 29.2 Å². The predicted octanol–water partition coefficient (Wildman–Crippen LogP) is 2.91. The molecule has 33 heavy (non-hydrogen) atoms. The van der Waals surface area contributed by atoms with E-state index in [0.717, 1.165) is 28.5 Å². The van der Waals surface area contributed by atoms with Crippen molar-refractivity contribution in [3.63, 3.8) is 0 Å². The Bertz CT molecular complexity index is 1170. The molecular formula is C25H24N2O5S. The van der Waals surface area contributed by atoms with Crippen LogP contribution in [0, 0.1) is 0 Å². The standard InChI is InChI=1S/C25H24N2O5S/c28-17-9-7-15(8-10-17)12-18(25(31)27-11-3-5-20-23(27)19(29)14-32-20)26-24(30)22-13-16-4-1-2-6-21(16)33-22/h1-2,4,6-10,13,18,20,23,28H,3,5,11-12,14H2,(H,26,30). The zero-order valence-corrected chi connectivity index (χ0v) is 18.7. The highest BCUT2D eigenvalue weighted by Gasteiger charge is 2.45. The van der Waals surface area contributed by atoms with Crippen molar-refractivity contribution in [3.8, 4) is 5.75 Å². The Labute approximate surface area is 195 Å². The van der Waals surface area contributed by atoms with Crippen molar-refractivity contribution in [1.82, 2.24) is 10.2 Å². The number of rotatable bonds is 5. The molecule has 0 bridgehead atoms. The smallest absolute Gasteiger partial charge is 0.262 e. The number of phenolic OH excluding ortho intramolecular Hbond substituents is 1. The summed E-state index contributed by atoms with van der Waals surface area (Å²) in [4.78, 5) is 41.4. The average molecular weight is 465 g/mol. The van der Waals surface area contributed by atoms with Crippen molar-refractivity contribution in [1.29, 1.82) is 0 Å². The van der Waals surface area contributed by atoms with Crippen LogP contribution in [-0.2, 0) is 20.7 Å². The first kappa shape index (κ1) is 21.6. The van der Waals surface area contributed by atoms with Gasteiger partial charge in [0.2, 0.25) is 5.91 Å². The number of nitrogens with zero attached hydrogens (tertiary/aromatic N) is 1. The van der Waals surface area contributed by atoms with Gasteiger partial charge >= 0.3 is 0 Å². The fraction of sp³-hybridized carbons (Fsp3) is 0.320. The molecule has 2 aliphatic heterocycles. The quantitative estimate of drug-likeness (QED) is 0.605. The number of hydrogen-bond acceptors (Lipinski definition) is 6. The van der Waals surface area contributed by atoms with Crippen LogP contribution in [-0.4, -0.2) is 58.9 Å². The number of ether oxygens (including phenoxy) is 1. The van der Waals surface area contributed by atoms with Crippen LogP contribution in [0.15, 0.2) is 54.6 Å². The number of likely N-dealkylation sites (tertiary alicyclic amines) is 1. The van der Waals surface area contributed by atoms with Crippen LogP contribution in [0.1, 0.15) is 28.1 Å². The van der Waals surface area contributed by atoms with E-state index in [9.17, 15) is 19.5 Å². The second kappa shape index (κ2) is 8.96. The Kier molecular flexibility index (Phi) is 5.86. The number of phenols is 1. The predicted molar refractivity (Wildman–Crippen MR) is 124 cm³/mol. The third kappa shape index (κ3) is 4.36. The van der Waals surface area contributed by atoms with Crippen LogP contribution < -0.4 is 5.32 Å². The molecule has 3 heterocycles. The highest BCUT2D eigenvalue weighted by Crippen LogP contribution is 2.28. The summed E-state index contributed by atoms with van der Waals surface area (Å²) in [5, 5.41) is 13.5. The molecule has 170 valence electrons. The van der Waals surface area contributed by atoms with Crippen LogP contribution in [0.3, 0.4) is 0 Å². The summed E-state index contributed by atoms with van der Waals surface area (Å²) in [5.41, 5.74) is 0.797. The van der Waals surface area contributed by atoms with Gasteiger partial charge in [-0.3, -0.25) is 14.4 Å². The molecule has 1 aromatic heterocycles. The third-order valence-electron chi connectivity index (χ3n) is 6.26. The lowest BCUT2D eigenvalue weighted by Crippen LogP contribution is -2.58.